The van der Waals surface area contributed by atoms with Gasteiger partial charge in [-0.05, 0) is 19.9 Å². The highest BCUT2D eigenvalue weighted by molar-refractivity contribution is 7.16. The maximum atomic E-state index is 12.4. The molecule has 3 rings (SSSR count). The molecule has 2 aromatic heterocycles. The quantitative estimate of drug-likeness (QED) is 0.410. The van der Waals surface area contributed by atoms with E-state index in [1.165, 1.54) is 23.2 Å². The summed E-state index contributed by atoms with van der Waals surface area (Å²) in [7, 11) is 3.24. The van der Waals surface area contributed by atoms with E-state index in [1.807, 2.05) is 37.3 Å². The third-order valence-corrected chi connectivity index (χ3v) is 4.51. The smallest absolute Gasteiger partial charge is 0.257 e. The number of hydrogen-bond acceptors (Lipinski definition) is 5. The van der Waals surface area contributed by atoms with E-state index < -0.39 is 0 Å². The maximum absolute atomic E-state index is 12.4. The number of Topliss-reactive ketones (excluding diaryl/α,β-unsaturated/α-hetero) is 1. The Labute approximate surface area is 149 Å². The van der Waals surface area contributed by atoms with Crippen molar-refractivity contribution in [1.82, 2.24) is 19.5 Å². The predicted molar refractivity (Wildman–Crippen MR) is 98.4 cm³/mol. The van der Waals surface area contributed by atoms with Gasteiger partial charge in [-0.2, -0.15) is 5.10 Å². The Morgan fingerprint density at radius 2 is 1.88 bits per heavy atom. The third kappa shape index (κ3) is 3.23. The summed E-state index contributed by atoms with van der Waals surface area (Å²) in [6.07, 6.45) is 1.59. The Hall–Kier alpha value is -2.80. The second kappa shape index (κ2) is 6.60. The van der Waals surface area contributed by atoms with Gasteiger partial charge in [-0.15, -0.1) is 0 Å². The monoisotopic (exact) mass is 354 g/mol. The summed E-state index contributed by atoms with van der Waals surface area (Å²) in [4.78, 5) is 31.2. The van der Waals surface area contributed by atoms with Crippen LogP contribution in [0, 0.1) is 6.92 Å². The molecule has 0 radical (unpaired) electrons. The lowest BCUT2D eigenvalue weighted by Crippen LogP contribution is -2.26. The average Bonchev–Trinajstić information content (AvgIpc) is 3.08. The highest BCUT2D eigenvalue weighted by Crippen LogP contribution is 2.28. The molecule has 0 atom stereocenters. The van der Waals surface area contributed by atoms with E-state index in [2.05, 4.69) is 10.1 Å². The zero-order valence-corrected chi connectivity index (χ0v) is 15.3. The lowest BCUT2D eigenvalue weighted by molar-refractivity contribution is -0.127. The first-order valence-corrected chi connectivity index (χ1v) is 8.56. The molecule has 0 spiro atoms. The molecule has 0 saturated carbocycles. The minimum atomic E-state index is -0.339. The van der Waals surface area contributed by atoms with Crippen LogP contribution in [-0.2, 0) is 9.59 Å². The molecule has 0 aliphatic heterocycles. The fourth-order valence-electron chi connectivity index (χ4n) is 2.49. The van der Waals surface area contributed by atoms with Gasteiger partial charge in [-0.1, -0.05) is 41.7 Å². The Morgan fingerprint density at radius 3 is 2.48 bits per heavy atom. The molecule has 3 aromatic rings. The van der Waals surface area contributed by atoms with Crippen LogP contribution in [0.4, 0.5) is 0 Å². The second-order valence-corrected chi connectivity index (χ2v) is 7.00. The summed E-state index contributed by atoms with van der Waals surface area (Å²) in [5.41, 5.74) is 2.34. The minimum absolute atomic E-state index is 0.106. The van der Waals surface area contributed by atoms with Gasteiger partial charge in [0.1, 0.15) is 5.01 Å². The largest absolute Gasteiger partial charge is 0.345 e. The Balaban J connectivity index is 2.27. The van der Waals surface area contributed by atoms with Crippen LogP contribution in [0.15, 0.2) is 35.9 Å². The van der Waals surface area contributed by atoms with Crippen molar-refractivity contribution in [2.45, 2.75) is 13.8 Å². The Kier molecular flexibility index (Phi) is 4.50. The number of nitrogens with zero attached hydrogens (tertiary/aromatic N) is 4. The highest BCUT2D eigenvalue weighted by Gasteiger charge is 2.21. The number of likely N-dealkylation sites (N-methyl/N-ethyl adjacent to an activating group) is 1. The van der Waals surface area contributed by atoms with Gasteiger partial charge in [0.25, 0.3) is 5.91 Å². The summed E-state index contributed by atoms with van der Waals surface area (Å²) in [6, 6.07) is 9.66. The van der Waals surface area contributed by atoms with Crippen molar-refractivity contribution in [2.24, 2.45) is 0 Å². The van der Waals surface area contributed by atoms with Crippen molar-refractivity contribution in [3.05, 3.63) is 46.6 Å². The lowest BCUT2D eigenvalue weighted by atomic mass is 10.1. The first kappa shape index (κ1) is 17.0. The molecule has 0 bridgehead atoms. The van der Waals surface area contributed by atoms with Crippen LogP contribution in [0.3, 0.4) is 0 Å². The van der Waals surface area contributed by atoms with E-state index >= 15 is 0 Å². The van der Waals surface area contributed by atoms with E-state index in [9.17, 15) is 9.59 Å². The lowest BCUT2D eigenvalue weighted by Gasteiger charge is -2.11. The molecule has 0 saturated heterocycles. The molecule has 7 heteroatoms. The highest BCUT2D eigenvalue weighted by atomic mass is 32.1. The van der Waals surface area contributed by atoms with Crippen molar-refractivity contribution in [1.29, 1.82) is 0 Å². The number of amides is 1. The summed E-state index contributed by atoms with van der Waals surface area (Å²) in [6.45, 7) is 3.28. The Bertz CT molecular complexity index is 983. The number of ketones is 1. The van der Waals surface area contributed by atoms with Crippen LogP contribution in [0.1, 0.15) is 17.6 Å². The average molecular weight is 354 g/mol. The fourth-order valence-corrected chi connectivity index (χ4v) is 3.24. The summed E-state index contributed by atoms with van der Waals surface area (Å²) < 4.78 is 1.69. The third-order valence-electron chi connectivity index (χ3n) is 3.68. The molecule has 0 N–H and O–H groups in total. The van der Waals surface area contributed by atoms with E-state index in [0.29, 0.717) is 11.4 Å². The van der Waals surface area contributed by atoms with E-state index in [4.69, 9.17) is 0 Å². The van der Waals surface area contributed by atoms with Crippen molar-refractivity contribution >= 4 is 34.1 Å². The predicted octanol–water partition coefficient (Wildman–Crippen LogP) is 2.83. The molecule has 1 amide bonds. The maximum Gasteiger partial charge on any atom is 0.257 e. The molecular weight excluding hydrogens is 336 g/mol. The van der Waals surface area contributed by atoms with Crippen LogP contribution in [0.2, 0.25) is 0 Å². The van der Waals surface area contributed by atoms with Gasteiger partial charge in [0, 0.05) is 19.7 Å². The topological polar surface area (TPSA) is 67.6 Å². The molecule has 6 nitrogen and oxygen atoms in total. The van der Waals surface area contributed by atoms with Gasteiger partial charge in [0.15, 0.2) is 5.78 Å². The van der Waals surface area contributed by atoms with Crippen LogP contribution >= 0.6 is 11.3 Å². The number of fused-ring (bicyclic) bond motifs is 1. The van der Waals surface area contributed by atoms with Gasteiger partial charge in [-0.3, -0.25) is 9.59 Å². The molecule has 0 unspecified atom stereocenters. The standard InChI is InChI=1S/C18H18N4O2S/c1-11(23)14(17(24)21(3)4)10-15-16(13-8-6-5-7-9-13)19-18-22(15)20-12(2)25-18/h5-10H,1-4H3. The number of hydrogen-bond donors (Lipinski definition) is 0. The zero-order chi connectivity index (χ0) is 18.1. The molecule has 0 fully saturated rings. The van der Waals surface area contributed by atoms with E-state index in [0.717, 1.165) is 15.5 Å². The molecular formula is C18H18N4O2S. The van der Waals surface area contributed by atoms with Gasteiger partial charge in [0.05, 0.1) is 17.0 Å². The van der Waals surface area contributed by atoms with Gasteiger partial charge >= 0.3 is 0 Å². The first-order valence-electron chi connectivity index (χ1n) is 7.74. The Morgan fingerprint density at radius 1 is 1.20 bits per heavy atom. The number of carbonyl (C=O) groups is 2. The second-order valence-electron chi connectivity index (χ2n) is 5.84. The number of carbonyl (C=O) groups excluding carboxylic acids is 2. The molecule has 0 aliphatic carbocycles. The number of imidazole rings is 1. The van der Waals surface area contributed by atoms with Crippen LogP contribution in [0.25, 0.3) is 22.3 Å². The minimum Gasteiger partial charge on any atom is -0.345 e. The number of aromatic nitrogens is 3. The molecule has 0 aliphatic rings. The molecule has 128 valence electrons. The van der Waals surface area contributed by atoms with E-state index in [1.54, 1.807) is 24.7 Å². The first-order chi connectivity index (χ1) is 11.9. The van der Waals surface area contributed by atoms with Crippen molar-refractivity contribution < 1.29 is 9.59 Å². The van der Waals surface area contributed by atoms with Gasteiger partial charge in [0.2, 0.25) is 4.96 Å². The normalized spacial score (nSPS) is 11.8. The number of aryl methyl sites for hydroxylation is 1. The number of benzene rings is 1. The van der Waals surface area contributed by atoms with Crippen molar-refractivity contribution in [3.63, 3.8) is 0 Å². The molecule has 1 aromatic carbocycles. The van der Waals surface area contributed by atoms with Gasteiger partial charge in [-0.25, -0.2) is 9.50 Å². The van der Waals surface area contributed by atoms with Crippen LogP contribution in [0.5, 0.6) is 0 Å². The summed E-state index contributed by atoms with van der Waals surface area (Å²) in [5.74, 6) is -0.631. The van der Waals surface area contributed by atoms with Crippen molar-refractivity contribution in [2.75, 3.05) is 14.1 Å². The van der Waals surface area contributed by atoms with Crippen LogP contribution < -0.4 is 0 Å². The number of rotatable bonds is 4. The van der Waals surface area contributed by atoms with Crippen LogP contribution in [-0.4, -0.2) is 45.3 Å². The van der Waals surface area contributed by atoms with E-state index in [-0.39, 0.29) is 17.3 Å². The molecule has 2 heterocycles. The fraction of sp³-hybridized carbons (Fsp3) is 0.222. The van der Waals surface area contributed by atoms with Gasteiger partial charge < -0.3 is 4.90 Å². The molecule has 25 heavy (non-hydrogen) atoms. The SMILES string of the molecule is CC(=O)C(=Cc1c(-c2ccccc2)nc2sc(C)nn12)C(=O)N(C)C. The zero-order valence-electron chi connectivity index (χ0n) is 14.5. The summed E-state index contributed by atoms with van der Waals surface area (Å²) in [5, 5.41) is 5.33. The summed E-state index contributed by atoms with van der Waals surface area (Å²) >= 11 is 1.46. The van der Waals surface area contributed by atoms with Crippen molar-refractivity contribution in [3.8, 4) is 11.3 Å².